The summed E-state index contributed by atoms with van der Waals surface area (Å²) >= 11 is 0. The van der Waals surface area contributed by atoms with Crippen LogP contribution in [0.1, 0.15) is 51.9 Å². The minimum atomic E-state index is 0.506. The molecule has 3 aliphatic rings. The maximum absolute atomic E-state index is 3.68. The molecule has 0 aromatic carbocycles. The number of piperidine rings is 1. The van der Waals surface area contributed by atoms with Gasteiger partial charge in [0, 0.05) is 30.2 Å². The van der Waals surface area contributed by atoms with E-state index in [1.54, 1.807) is 0 Å². The number of fused-ring (bicyclic) bond motifs is 2. The summed E-state index contributed by atoms with van der Waals surface area (Å²) < 4.78 is 0. The summed E-state index contributed by atoms with van der Waals surface area (Å²) in [5.74, 6) is 0. The predicted octanol–water partition coefficient (Wildman–Crippen LogP) is 2.08. The van der Waals surface area contributed by atoms with E-state index in [0.29, 0.717) is 5.54 Å². The molecule has 2 heterocycles. The van der Waals surface area contributed by atoms with Crippen LogP contribution in [-0.2, 0) is 0 Å². The summed E-state index contributed by atoms with van der Waals surface area (Å²) in [5, 5.41) is 3.68. The second-order valence-corrected chi connectivity index (χ2v) is 7.26. The van der Waals surface area contributed by atoms with E-state index >= 15 is 0 Å². The van der Waals surface area contributed by atoms with E-state index < -0.39 is 0 Å². The summed E-state index contributed by atoms with van der Waals surface area (Å²) in [4.78, 5) is 5.39. The molecule has 1 aliphatic carbocycles. The molecule has 3 nitrogen and oxygen atoms in total. The van der Waals surface area contributed by atoms with Crippen LogP contribution >= 0.6 is 0 Å². The van der Waals surface area contributed by atoms with Crippen LogP contribution in [0.5, 0.6) is 0 Å². The first-order valence-corrected chi connectivity index (χ1v) is 8.31. The molecule has 0 amide bonds. The van der Waals surface area contributed by atoms with E-state index in [-0.39, 0.29) is 0 Å². The molecule has 1 saturated carbocycles. The van der Waals surface area contributed by atoms with Crippen molar-refractivity contribution in [2.45, 2.75) is 75.5 Å². The molecule has 2 aliphatic heterocycles. The van der Waals surface area contributed by atoms with Crippen molar-refractivity contribution in [3.8, 4) is 0 Å². The molecule has 2 bridgehead atoms. The third kappa shape index (κ3) is 2.45. The predicted molar refractivity (Wildman–Crippen MR) is 80.5 cm³/mol. The van der Waals surface area contributed by atoms with Gasteiger partial charge in [-0.25, -0.2) is 0 Å². The smallest absolute Gasteiger partial charge is 0.0330 e. The minimum Gasteiger partial charge on any atom is -0.314 e. The van der Waals surface area contributed by atoms with Crippen molar-refractivity contribution >= 4 is 0 Å². The van der Waals surface area contributed by atoms with Gasteiger partial charge in [-0.15, -0.1) is 0 Å². The normalized spacial score (nSPS) is 37.6. The minimum absolute atomic E-state index is 0.506. The van der Waals surface area contributed by atoms with Crippen LogP contribution in [-0.4, -0.2) is 60.6 Å². The van der Waals surface area contributed by atoms with Gasteiger partial charge in [0.05, 0.1) is 0 Å². The quantitative estimate of drug-likeness (QED) is 0.821. The molecule has 2 atom stereocenters. The van der Waals surface area contributed by atoms with E-state index in [0.717, 1.165) is 24.7 Å². The fraction of sp³-hybridized carbons (Fsp3) is 1.00. The SMILES string of the molecule is CCNC1CC2CCC(C1)N2CC1(N(C)C)CCC1. The molecule has 2 unspecified atom stereocenters. The van der Waals surface area contributed by atoms with Crippen molar-refractivity contribution in [2.75, 3.05) is 27.2 Å². The Morgan fingerprint density at radius 2 is 1.79 bits per heavy atom. The van der Waals surface area contributed by atoms with Crippen LogP contribution in [0.4, 0.5) is 0 Å². The zero-order valence-electron chi connectivity index (χ0n) is 13.0. The van der Waals surface area contributed by atoms with Gasteiger partial charge in [-0.05, 0) is 65.6 Å². The average Bonchev–Trinajstić information content (AvgIpc) is 2.55. The fourth-order valence-corrected chi connectivity index (χ4v) is 4.66. The molecule has 0 aromatic rings. The summed E-state index contributed by atoms with van der Waals surface area (Å²) in [6.07, 6.45) is 9.90. The van der Waals surface area contributed by atoms with Gasteiger partial charge in [0.1, 0.15) is 0 Å². The molecule has 0 spiro atoms. The van der Waals surface area contributed by atoms with E-state index in [2.05, 4.69) is 36.1 Å². The van der Waals surface area contributed by atoms with Gasteiger partial charge < -0.3 is 10.2 Å². The van der Waals surface area contributed by atoms with Crippen molar-refractivity contribution in [3.05, 3.63) is 0 Å². The Morgan fingerprint density at radius 1 is 1.16 bits per heavy atom. The molecule has 2 saturated heterocycles. The highest BCUT2D eigenvalue weighted by Gasteiger charge is 2.47. The van der Waals surface area contributed by atoms with Gasteiger partial charge >= 0.3 is 0 Å². The second-order valence-electron chi connectivity index (χ2n) is 7.26. The summed E-state index contributed by atoms with van der Waals surface area (Å²) in [7, 11) is 4.57. The summed E-state index contributed by atoms with van der Waals surface area (Å²) in [6, 6.07) is 2.51. The zero-order valence-corrected chi connectivity index (χ0v) is 13.0. The maximum Gasteiger partial charge on any atom is 0.0330 e. The lowest BCUT2D eigenvalue weighted by Gasteiger charge is -2.52. The van der Waals surface area contributed by atoms with Crippen LogP contribution in [0, 0.1) is 0 Å². The molecule has 1 N–H and O–H groups in total. The van der Waals surface area contributed by atoms with Crippen molar-refractivity contribution in [1.29, 1.82) is 0 Å². The Bertz CT molecular complexity index is 297. The number of nitrogens with zero attached hydrogens (tertiary/aromatic N) is 2. The Balaban J connectivity index is 1.64. The van der Waals surface area contributed by atoms with Crippen molar-refractivity contribution in [2.24, 2.45) is 0 Å². The van der Waals surface area contributed by atoms with Gasteiger partial charge in [0.25, 0.3) is 0 Å². The standard InChI is InChI=1S/C16H31N3/c1-4-17-13-10-14-6-7-15(11-13)19(14)12-16(18(2)3)8-5-9-16/h13-15,17H,4-12H2,1-3H3. The highest BCUT2D eigenvalue weighted by atomic mass is 15.3. The molecule has 110 valence electrons. The first-order chi connectivity index (χ1) is 9.14. The monoisotopic (exact) mass is 265 g/mol. The molecule has 19 heavy (non-hydrogen) atoms. The van der Waals surface area contributed by atoms with Crippen LogP contribution < -0.4 is 5.32 Å². The van der Waals surface area contributed by atoms with E-state index in [9.17, 15) is 0 Å². The van der Waals surface area contributed by atoms with Crippen LogP contribution in [0.15, 0.2) is 0 Å². The molecule has 3 fully saturated rings. The average molecular weight is 265 g/mol. The Hall–Kier alpha value is -0.120. The lowest BCUT2D eigenvalue weighted by Crippen LogP contribution is -2.61. The Labute approximate surface area is 118 Å². The molecule has 3 rings (SSSR count). The Morgan fingerprint density at radius 3 is 2.21 bits per heavy atom. The van der Waals surface area contributed by atoms with Gasteiger partial charge in [0.2, 0.25) is 0 Å². The lowest BCUT2D eigenvalue weighted by atomic mass is 9.74. The third-order valence-electron chi connectivity index (χ3n) is 6.09. The van der Waals surface area contributed by atoms with Crippen molar-refractivity contribution < 1.29 is 0 Å². The highest BCUT2D eigenvalue weighted by Crippen LogP contribution is 2.42. The topological polar surface area (TPSA) is 18.5 Å². The second kappa shape index (κ2) is 5.34. The van der Waals surface area contributed by atoms with Gasteiger partial charge in [-0.1, -0.05) is 6.92 Å². The van der Waals surface area contributed by atoms with Crippen LogP contribution in [0.25, 0.3) is 0 Å². The van der Waals surface area contributed by atoms with Gasteiger partial charge in [0.15, 0.2) is 0 Å². The van der Waals surface area contributed by atoms with Crippen molar-refractivity contribution in [3.63, 3.8) is 0 Å². The molecule has 0 radical (unpaired) electrons. The first-order valence-electron chi connectivity index (χ1n) is 8.31. The van der Waals surface area contributed by atoms with E-state index in [1.807, 2.05) is 0 Å². The highest BCUT2D eigenvalue weighted by molar-refractivity contribution is 5.04. The largest absolute Gasteiger partial charge is 0.314 e. The number of likely N-dealkylation sites (N-methyl/N-ethyl adjacent to an activating group) is 1. The Kier molecular flexibility index (Phi) is 3.89. The lowest BCUT2D eigenvalue weighted by molar-refractivity contribution is -0.0101. The number of rotatable bonds is 5. The molecular formula is C16H31N3. The molecule has 0 aromatic heterocycles. The van der Waals surface area contributed by atoms with Crippen molar-refractivity contribution in [1.82, 2.24) is 15.1 Å². The maximum atomic E-state index is 3.68. The van der Waals surface area contributed by atoms with E-state index in [4.69, 9.17) is 0 Å². The van der Waals surface area contributed by atoms with Crippen LogP contribution in [0.2, 0.25) is 0 Å². The summed E-state index contributed by atoms with van der Waals surface area (Å²) in [5.41, 5.74) is 0.506. The van der Waals surface area contributed by atoms with Gasteiger partial charge in [-0.3, -0.25) is 4.90 Å². The molecular weight excluding hydrogens is 234 g/mol. The molecule has 3 heteroatoms. The number of hydrogen-bond donors (Lipinski definition) is 1. The third-order valence-corrected chi connectivity index (χ3v) is 6.09. The number of nitrogens with one attached hydrogen (secondary N) is 1. The number of hydrogen-bond acceptors (Lipinski definition) is 3. The summed E-state index contributed by atoms with van der Waals surface area (Å²) in [6.45, 7) is 4.70. The van der Waals surface area contributed by atoms with E-state index in [1.165, 1.54) is 51.5 Å². The zero-order chi connectivity index (χ0) is 13.5. The first kappa shape index (κ1) is 13.8. The van der Waals surface area contributed by atoms with Crippen LogP contribution in [0.3, 0.4) is 0 Å². The fourth-order valence-electron chi connectivity index (χ4n) is 4.66. The van der Waals surface area contributed by atoms with Gasteiger partial charge in [-0.2, -0.15) is 0 Å².